The van der Waals surface area contributed by atoms with Crippen molar-refractivity contribution >= 4 is 12.4 Å². The molecule has 1 rings (SSSR count). The highest BCUT2D eigenvalue weighted by atomic mass is 19.1. The Morgan fingerprint density at radius 2 is 2.18 bits per heavy atom. The second-order valence-corrected chi connectivity index (χ2v) is 3.86. The van der Waals surface area contributed by atoms with E-state index in [1.807, 2.05) is 13.8 Å². The summed E-state index contributed by atoms with van der Waals surface area (Å²) in [6.45, 7) is 4.01. The molecule has 0 aliphatic rings. The third-order valence-electron chi connectivity index (χ3n) is 1.83. The van der Waals surface area contributed by atoms with Gasteiger partial charge in [0.25, 0.3) is 0 Å². The number of carbonyl (C=O) groups excluding carboxylic acids is 2. The first-order valence-electron chi connectivity index (χ1n) is 5.12. The number of benzene rings is 1. The molecule has 4 nitrogen and oxygen atoms in total. The molecule has 0 aromatic heterocycles. The first-order chi connectivity index (χ1) is 8.02. The molecule has 0 N–H and O–H groups in total. The number of aldehydes is 1. The first kappa shape index (κ1) is 13.2. The Hall–Kier alpha value is -1.91. The Balaban J connectivity index is 2.62. The Morgan fingerprint density at radius 3 is 2.76 bits per heavy atom. The lowest BCUT2D eigenvalue weighted by molar-refractivity contribution is 0.0883. The predicted octanol–water partition coefficient (Wildman–Crippen LogP) is 2.81. The molecule has 0 spiro atoms. The summed E-state index contributed by atoms with van der Waals surface area (Å²) in [6.07, 6.45) is -0.524. The molecule has 0 fully saturated rings. The molecule has 0 heterocycles. The van der Waals surface area contributed by atoms with Crippen molar-refractivity contribution in [3.8, 4) is 5.75 Å². The molecule has 92 valence electrons. The van der Waals surface area contributed by atoms with E-state index in [0.717, 1.165) is 12.1 Å². The molecule has 0 amide bonds. The number of ether oxygens (including phenoxy) is 2. The van der Waals surface area contributed by atoms with E-state index in [0.29, 0.717) is 6.29 Å². The minimum Gasteiger partial charge on any atom is -0.434 e. The van der Waals surface area contributed by atoms with E-state index >= 15 is 0 Å². The summed E-state index contributed by atoms with van der Waals surface area (Å²) < 4.78 is 22.5. The Labute approximate surface area is 98.3 Å². The summed E-state index contributed by atoms with van der Waals surface area (Å²) in [5.74, 6) is -0.397. The van der Waals surface area contributed by atoms with Crippen LogP contribution in [0.15, 0.2) is 18.2 Å². The van der Waals surface area contributed by atoms with E-state index in [-0.39, 0.29) is 23.8 Å². The zero-order valence-corrected chi connectivity index (χ0v) is 9.60. The van der Waals surface area contributed by atoms with Crippen LogP contribution in [-0.4, -0.2) is 19.0 Å². The Morgan fingerprint density at radius 1 is 1.47 bits per heavy atom. The van der Waals surface area contributed by atoms with Crippen molar-refractivity contribution in [1.29, 1.82) is 0 Å². The summed E-state index contributed by atoms with van der Waals surface area (Å²) in [4.78, 5) is 21.6. The molecule has 0 saturated carbocycles. The zero-order valence-electron chi connectivity index (χ0n) is 9.60. The average molecular weight is 240 g/mol. The van der Waals surface area contributed by atoms with Gasteiger partial charge in [-0.25, -0.2) is 9.18 Å². The van der Waals surface area contributed by atoms with Crippen molar-refractivity contribution in [2.75, 3.05) is 6.61 Å². The lowest BCUT2D eigenvalue weighted by Crippen LogP contribution is -2.14. The van der Waals surface area contributed by atoms with E-state index in [1.165, 1.54) is 6.07 Å². The summed E-state index contributed by atoms with van der Waals surface area (Å²) in [7, 11) is 0. The van der Waals surface area contributed by atoms with E-state index in [1.54, 1.807) is 0 Å². The molecule has 0 atom stereocenters. The van der Waals surface area contributed by atoms with Crippen molar-refractivity contribution in [3.63, 3.8) is 0 Å². The standard InChI is InChI=1S/C12H13FO4/c1-8(2)7-16-12(15)17-10-3-4-11(13)9(5-10)6-14/h3-6,8H,7H2,1-2H3. The average Bonchev–Trinajstić information content (AvgIpc) is 2.29. The SMILES string of the molecule is CC(C)COC(=O)Oc1ccc(F)c(C=O)c1. The van der Waals surface area contributed by atoms with Crippen LogP contribution in [0.5, 0.6) is 5.75 Å². The largest absolute Gasteiger partial charge is 0.513 e. The minimum atomic E-state index is -0.873. The van der Waals surface area contributed by atoms with Gasteiger partial charge in [-0.15, -0.1) is 0 Å². The van der Waals surface area contributed by atoms with Crippen LogP contribution < -0.4 is 4.74 Å². The van der Waals surface area contributed by atoms with Gasteiger partial charge in [-0.1, -0.05) is 13.8 Å². The van der Waals surface area contributed by atoms with Gasteiger partial charge >= 0.3 is 6.16 Å². The van der Waals surface area contributed by atoms with Crippen molar-refractivity contribution < 1.29 is 23.5 Å². The van der Waals surface area contributed by atoms with Gasteiger partial charge in [-0.2, -0.15) is 0 Å². The predicted molar refractivity (Wildman–Crippen MR) is 58.6 cm³/mol. The van der Waals surface area contributed by atoms with Gasteiger partial charge < -0.3 is 9.47 Å². The fraction of sp³-hybridized carbons (Fsp3) is 0.333. The molecule has 0 radical (unpaired) electrons. The molecule has 0 bridgehead atoms. The van der Waals surface area contributed by atoms with E-state index in [9.17, 15) is 14.0 Å². The summed E-state index contributed by atoms with van der Waals surface area (Å²) in [6, 6.07) is 3.44. The fourth-order valence-electron chi connectivity index (χ4n) is 1.04. The van der Waals surface area contributed by atoms with Crippen molar-refractivity contribution in [2.24, 2.45) is 5.92 Å². The third kappa shape index (κ3) is 4.22. The van der Waals surface area contributed by atoms with Crippen molar-refractivity contribution in [3.05, 3.63) is 29.6 Å². The van der Waals surface area contributed by atoms with E-state index < -0.39 is 12.0 Å². The van der Waals surface area contributed by atoms with Crippen LogP contribution in [0.2, 0.25) is 0 Å². The highest BCUT2D eigenvalue weighted by Crippen LogP contribution is 2.16. The minimum absolute atomic E-state index is 0.0715. The van der Waals surface area contributed by atoms with E-state index in [4.69, 9.17) is 9.47 Å². The smallest absolute Gasteiger partial charge is 0.434 e. The molecule has 1 aromatic carbocycles. The normalized spacial score (nSPS) is 10.1. The second kappa shape index (κ2) is 5.98. The van der Waals surface area contributed by atoms with Crippen LogP contribution in [0, 0.1) is 11.7 Å². The molecule has 1 aromatic rings. The lowest BCUT2D eigenvalue weighted by atomic mass is 10.2. The van der Waals surface area contributed by atoms with Gasteiger partial charge in [0.1, 0.15) is 11.6 Å². The van der Waals surface area contributed by atoms with Crippen LogP contribution in [0.3, 0.4) is 0 Å². The van der Waals surface area contributed by atoms with Gasteiger partial charge in [-0.05, 0) is 24.1 Å². The fourth-order valence-corrected chi connectivity index (χ4v) is 1.04. The van der Waals surface area contributed by atoms with Gasteiger partial charge in [0.15, 0.2) is 6.29 Å². The zero-order chi connectivity index (χ0) is 12.8. The van der Waals surface area contributed by atoms with Gasteiger partial charge in [0, 0.05) is 0 Å². The first-order valence-corrected chi connectivity index (χ1v) is 5.12. The molecule has 5 heteroatoms. The molecule has 0 unspecified atom stereocenters. The summed E-state index contributed by atoms with van der Waals surface area (Å²) in [5.41, 5.74) is -0.167. The summed E-state index contributed by atoms with van der Waals surface area (Å²) in [5, 5.41) is 0. The number of carbonyl (C=O) groups is 2. The maximum atomic E-state index is 13.0. The maximum Gasteiger partial charge on any atom is 0.513 e. The number of hydrogen-bond acceptors (Lipinski definition) is 4. The number of rotatable bonds is 4. The van der Waals surface area contributed by atoms with Crippen LogP contribution >= 0.6 is 0 Å². The third-order valence-corrected chi connectivity index (χ3v) is 1.83. The molecular weight excluding hydrogens is 227 g/mol. The lowest BCUT2D eigenvalue weighted by Gasteiger charge is -2.07. The van der Waals surface area contributed by atoms with E-state index in [2.05, 4.69) is 0 Å². The van der Waals surface area contributed by atoms with Gasteiger partial charge in [0.05, 0.1) is 12.2 Å². The highest BCUT2D eigenvalue weighted by Gasteiger charge is 2.09. The van der Waals surface area contributed by atoms with Gasteiger partial charge in [0.2, 0.25) is 0 Å². The molecule has 0 aliphatic heterocycles. The van der Waals surface area contributed by atoms with Crippen molar-refractivity contribution in [2.45, 2.75) is 13.8 Å². The van der Waals surface area contributed by atoms with Gasteiger partial charge in [-0.3, -0.25) is 4.79 Å². The van der Waals surface area contributed by atoms with Crippen LogP contribution in [0.25, 0.3) is 0 Å². The monoisotopic (exact) mass is 240 g/mol. The Bertz CT molecular complexity index is 415. The quantitative estimate of drug-likeness (QED) is 0.461. The number of hydrogen-bond donors (Lipinski definition) is 0. The second-order valence-electron chi connectivity index (χ2n) is 3.86. The van der Waals surface area contributed by atoms with Crippen molar-refractivity contribution in [1.82, 2.24) is 0 Å². The molecule has 0 saturated heterocycles. The Kier molecular flexibility index (Phi) is 4.63. The summed E-state index contributed by atoms with van der Waals surface area (Å²) >= 11 is 0. The maximum absolute atomic E-state index is 13.0. The highest BCUT2D eigenvalue weighted by molar-refractivity contribution is 5.76. The molecule has 0 aliphatic carbocycles. The molecule has 17 heavy (non-hydrogen) atoms. The van der Waals surface area contributed by atoms with Crippen LogP contribution in [0.1, 0.15) is 24.2 Å². The van der Waals surface area contributed by atoms with Crippen LogP contribution in [-0.2, 0) is 4.74 Å². The number of halogens is 1. The van der Waals surface area contributed by atoms with Crippen LogP contribution in [0.4, 0.5) is 9.18 Å². The molecular formula is C12H13FO4. The topological polar surface area (TPSA) is 52.6 Å².